The van der Waals surface area contributed by atoms with E-state index in [0.29, 0.717) is 24.2 Å². The highest BCUT2D eigenvalue weighted by molar-refractivity contribution is 9.10. The molecule has 140 valence electrons. The zero-order valence-corrected chi connectivity index (χ0v) is 15.9. The van der Waals surface area contributed by atoms with Crippen molar-refractivity contribution in [2.45, 2.75) is 18.9 Å². The molecule has 1 fully saturated rings. The normalized spacial score (nSPS) is 19.5. The molecule has 1 saturated heterocycles. The number of hydrogen-bond acceptors (Lipinski definition) is 3. The van der Waals surface area contributed by atoms with E-state index in [1.165, 1.54) is 24.3 Å². The first-order chi connectivity index (χ1) is 12.0. The quantitative estimate of drug-likeness (QED) is 0.774. The molecule has 0 radical (unpaired) electrons. The Kier molecular flexibility index (Phi) is 4.83. The van der Waals surface area contributed by atoms with Crippen LogP contribution in [0.4, 0.5) is 13.2 Å². The highest BCUT2D eigenvalue weighted by Crippen LogP contribution is 2.50. The Labute approximate surface area is 158 Å². The van der Waals surface area contributed by atoms with Gasteiger partial charge in [0.15, 0.2) is 0 Å². The van der Waals surface area contributed by atoms with Gasteiger partial charge < -0.3 is 14.7 Å². The number of hydrogen-bond donors (Lipinski definition) is 1. The third kappa shape index (κ3) is 3.48. The maximum atomic E-state index is 12.4. The van der Waals surface area contributed by atoms with Crippen molar-refractivity contribution < 1.29 is 23.0 Å². The van der Waals surface area contributed by atoms with E-state index in [9.17, 15) is 18.3 Å². The molecule has 1 aliphatic rings. The Bertz CT molecular complexity index is 788. The summed E-state index contributed by atoms with van der Waals surface area (Å²) < 4.78 is 42.0. The van der Waals surface area contributed by atoms with Gasteiger partial charge in [-0.3, -0.25) is 0 Å². The van der Waals surface area contributed by atoms with Gasteiger partial charge in [-0.05, 0) is 42.4 Å². The van der Waals surface area contributed by atoms with Crippen molar-refractivity contribution in [3.05, 3.63) is 64.1 Å². The van der Waals surface area contributed by atoms with Gasteiger partial charge in [0.05, 0.1) is 0 Å². The summed E-state index contributed by atoms with van der Waals surface area (Å²) in [4.78, 5) is 2.09. The number of likely N-dealkylation sites (tertiary alicyclic amines) is 1. The lowest BCUT2D eigenvalue weighted by molar-refractivity contribution is -0.274. The third-order valence-electron chi connectivity index (χ3n) is 4.86. The number of halogens is 4. The van der Waals surface area contributed by atoms with Crippen LogP contribution in [0.1, 0.15) is 18.1 Å². The minimum absolute atomic E-state index is 0.311. The molecule has 1 N–H and O–H groups in total. The number of alkyl halides is 3. The third-order valence-corrected chi connectivity index (χ3v) is 5.35. The van der Waals surface area contributed by atoms with Crippen LogP contribution < -0.4 is 4.74 Å². The number of benzene rings is 2. The highest BCUT2D eigenvalue weighted by atomic mass is 79.9. The number of ether oxygens (including phenoxy) is 1. The fourth-order valence-corrected chi connectivity index (χ4v) is 4.25. The minimum Gasteiger partial charge on any atom is -0.406 e. The molecule has 1 aliphatic heterocycles. The molecule has 0 aromatic heterocycles. The molecule has 0 spiro atoms. The summed E-state index contributed by atoms with van der Waals surface area (Å²) in [5.41, 5.74) is -0.609. The smallest absolute Gasteiger partial charge is 0.406 e. The maximum Gasteiger partial charge on any atom is 0.573 e. The van der Waals surface area contributed by atoms with E-state index in [1.54, 1.807) is 0 Å². The van der Waals surface area contributed by atoms with Crippen molar-refractivity contribution in [1.82, 2.24) is 4.90 Å². The van der Waals surface area contributed by atoms with E-state index >= 15 is 0 Å². The van der Waals surface area contributed by atoms with Gasteiger partial charge in [-0.1, -0.05) is 47.1 Å². The molecule has 0 amide bonds. The first-order valence-electron chi connectivity index (χ1n) is 8.07. The van der Waals surface area contributed by atoms with Crippen LogP contribution in [0.3, 0.4) is 0 Å². The Morgan fingerprint density at radius 3 is 2.19 bits per heavy atom. The summed E-state index contributed by atoms with van der Waals surface area (Å²) in [5.74, 6) is -0.311. The van der Waals surface area contributed by atoms with Gasteiger partial charge in [0.2, 0.25) is 0 Å². The predicted octanol–water partition coefficient (Wildman–Crippen LogP) is 4.54. The molecule has 1 heterocycles. The first kappa shape index (κ1) is 19.2. The van der Waals surface area contributed by atoms with Crippen LogP contribution in [0.2, 0.25) is 0 Å². The summed E-state index contributed by atoms with van der Waals surface area (Å²) >= 11 is 3.42. The van der Waals surface area contributed by atoms with Crippen molar-refractivity contribution in [3.8, 4) is 5.75 Å². The predicted molar refractivity (Wildman–Crippen MR) is 95.9 cm³/mol. The van der Waals surface area contributed by atoms with E-state index < -0.39 is 17.4 Å². The van der Waals surface area contributed by atoms with E-state index in [2.05, 4.69) is 25.6 Å². The molecule has 3 nitrogen and oxygen atoms in total. The lowest BCUT2D eigenvalue weighted by atomic mass is 9.62. The topological polar surface area (TPSA) is 32.7 Å². The fraction of sp³-hybridized carbons (Fsp3) is 0.368. The van der Waals surface area contributed by atoms with Gasteiger partial charge in [-0.2, -0.15) is 0 Å². The van der Waals surface area contributed by atoms with Crippen molar-refractivity contribution in [2.24, 2.45) is 5.41 Å². The average Bonchev–Trinajstić information content (AvgIpc) is 2.52. The molecule has 0 saturated carbocycles. The summed E-state index contributed by atoms with van der Waals surface area (Å²) in [6.45, 7) is 3.31. The highest BCUT2D eigenvalue weighted by Gasteiger charge is 2.55. The Hall–Kier alpha value is -1.57. The van der Waals surface area contributed by atoms with Crippen LogP contribution in [0.25, 0.3) is 0 Å². The van der Waals surface area contributed by atoms with Crippen LogP contribution in [0.5, 0.6) is 5.75 Å². The van der Waals surface area contributed by atoms with E-state index in [1.807, 2.05) is 38.2 Å². The largest absolute Gasteiger partial charge is 0.573 e. The molecule has 2 aromatic rings. The lowest BCUT2D eigenvalue weighted by Crippen LogP contribution is -2.63. The monoisotopic (exact) mass is 429 g/mol. The Balaban J connectivity index is 2.04. The zero-order valence-electron chi connectivity index (χ0n) is 14.3. The van der Waals surface area contributed by atoms with Crippen LogP contribution in [0.15, 0.2) is 53.0 Å². The molecule has 26 heavy (non-hydrogen) atoms. The average molecular weight is 430 g/mol. The molecule has 0 aliphatic carbocycles. The molecule has 0 bridgehead atoms. The molecular weight excluding hydrogens is 411 g/mol. The van der Waals surface area contributed by atoms with E-state index in [4.69, 9.17) is 0 Å². The van der Waals surface area contributed by atoms with Crippen LogP contribution in [0, 0.1) is 5.41 Å². The lowest BCUT2D eigenvalue weighted by Gasteiger charge is -2.56. The van der Waals surface area contributed by atoms with Crippen molar-refractivity contribution >= 4 is 15.9 Å². The van der Waals surface area contributed by atoms with Crippen LogP contribution >= 0.6 is 15.9 Å². The molecule has 1 atom stereocenters. The van der Waals surface area contributed by atoms with Gasteiger partial charge in [0.25, 0.3) is 0 Å². The Morgan fingerprint density at radius 1 is 1.08 bits per heavy atom. The summed E-state index contributed by atoms with van der Waals surface area (Å²) in [5, 5.41) is 11.8. The fourth-order valence-electron chi connectivity index (χ4n) is 3.85. The standard InChI is InChI=1S/C19H19BrF3NO2/c1-17(11-24(2)12-17)18(25,14-4-3-5-15(20)10-14)13-6-8-16(9-7-13)26-19(21,22)23/h3-10,25H,11-12H2,1-2H3/t18-/m1/s1. The second kappa shape index (κ2) is 6.55. The number of rotatable bonds is 4. The molecule has 3 rings (SSSR count). The first-order valence-corrected chi connectivity index (χ1v) is 8.86. The zero-order chi connectivity index (χ0) is 19.2. The van der Waals surface area contributed by atoms with Crippen molar-refractivity contribution in [3.63, 3.8) is 0 Å². The van der Waals surface area contributed by atoms with Gasteiger partial charge in [-0.15, -0.1) is 13.2 Å². The molecule has 7 heteroatoms. The second-order valence-electron chi connectivity index (χ2n) is 7.03. The molecule has 2 aromatic carbocycles. The number of nitrogens with zero attached hydrogens (tertiary/aromatic N) is 1. The summed E-state index contributed by atoms with van der Waals surface area (Å²) in [6.07, 6.45) is -4.75. The second-order valence-corrected chi connectivity index (χ2v) is 7.94. The van der Waals surface area contributed by atoms with Crippen molar-refractivity contribution in [2.75, 3.05) is 20.1 Å². The van der Waals surface area contributed by atoms with Gasteiger partial charge in [-0.25, -0.2) is 0 Å². The SMILES string of the molecule is CN1CC(C)([C@@](O)(c2ccc(OC(F)(F)F)cc2)c2cccc(Br)c2)C1. The molecular formula is C19H19BrF3NO2. The van der Waals surface area contributed by atoms with Gasteiger partial charge >= 0.3 is 6.36 Å². The number of aliphatic hydroxyl groups is 1. The minimum atomic E-state index is -4.75. The maximum absolute atomic E-state index is 12.4. The van der Waals surface area contributed by atoms with Crippen LogP contribution in [-0.2, 0) is 5.60 Å². The van der Waals surface area contributed by atoms with Gasteiger partial charge in [0, 0.05) is 23.0 Å². The van der Waals surface area contributed by atoms with Crippen LogP contribution in [-0.4, -0.2) is 36.5 Å². The molecule has 0 unspecified atom stereocenters. The summed E-state index contributed by atoms with van der Waals surface area (Å²) in [6, 6.07) is 12.8. The Morgan fingerprint density at radius 2 is 1.69 bits per heavy atom. The summed E-state index contributed by atoms with van der Waals surface area (Å²) in [7, 11) is 1.96. The van der Waals surface area contributed by atoms with E-state index in [0.717, 1.165) is 4.47 Å². The van der Waals surface area contributed by atoms with Crippen molar-refractivity contribution in [1.29, 1.82) is 0 Å². The van der Waals surface area contributed by atoms with E-state index in [-0.39, 0.29) is 5.75 Å². The van der Waals surface area contributed by atoms with Gasteiger partial charge in [0.1, 0.15) is 11.4 Å².